The Morgan fingerprint density at radius 3 is 2.42 bits per heavy atom. The molecule has 6 nitrogen and oxygen atoms in total. The van der Waals surface area contributed by atoms with Crippen LogP contribution in [-0.2, 0) is 12.6 Å². The molecule has 40 heavy (non-hydrogen) atoms. The van der Waals surface area contributed by atoms with Crippen LogP contribution in [0.5, 0.6) is 0 Å². The van der Waals surface area contributed by atoms with Crippen molar-refractivity contribution >= 4 is 17.5 Å². The second-order valence-corrected chi connectivity index (χ2v) is 11.2. The summed E-state index contributed by atoms with van der Waals surface area (Å²) in [6.07, 6.45) is 3.28. The van der Waals surface area contributed by atoms with Crippen molar-refractivity contribution in [3.63, 3.8) is 0 Å². The fourth-order valence-electron chi connectivity index (χ4n) is 6.53. The number of fused-ring (bicyclic) bond motifs is 1. The molecule has 1 N–H and O–H groups in total. The third-order valence-electron chi connectivity index (χ3n) is 8.83. The van der Waals surface area contributed by atoms with E-state index in [1.165, 1.54) is 23.9 Å². The smallest absolute Gasteiger partial charge is 0.371 e. The Morgan fingerprint density at radius 1 is 0.950 bits per heavy atom. The van der Waals surface area contributed by atoms with Crippen molar-refractivity contribution in [3.05, 3.63) is 94.8 Å². The first-order valence-electron chi connectivity index (χ1n) is 13.8. The lowest BCUT2D eigenvalue weighted by Gasteiger charge is -2.39. The van der Waals surface area contributed by atoms with E-state index in [4.69, 9.17) is 0 Å². The van der Waals surface area contributed by atoms with Crippen molar-refractivity contribution in [2.24, 2.45) is 5.41 Å². The molecule has 2 saturated heterocycles. The molecule has 6 rings (SSSR count). The van der Waals surface area contributed by atoms with Crippen molar-refractivity contribution in [3.8, 4) is 0 Å². The van der Waals surface area contributed by atoms with Gasteiger partial charge in [0.25, 0.3) is 11.8 Å². The Morgan fingerprint density at radius 2 is 1.68 bits per heavy atom. The number of aromatic nitrogens is 1. The first kappa shape index (κ1) is 26.3. The summed E-state index contributed by atoms with van der Waals surface area (Å²) in [6.45, 7) is 3.36. The molecule has 1 unspecified atom stereocenters. The van der Waals surface area contributed by atoms with E-state index in [2.05, 4.69) is 15.2 Å². The second-order valence-electron chi connectivity index (χ2n) is 11.2. The number of carbonyl (C=O) groups excluding carboxylic acids is 2. The van der Waals surface area contributed by atoms with Gasteiger partial charge in [0.1, 0.15) is 0 Å². The highest BCUT2D eigenvalue weighted by Gasteiger charge is 2.42. The monoisotopic (exact) mass is 548 g/mol. The molecule has 0 radical (unpaired) electrons. The molecule has 0 bridgehead atoms. The van der Waals surface area contributed by atoms with E-state index in [0.717, 1.165) is 49.5 Å². The molecule has 208 valence electrons. The van der Waals surface area contributed by atoms with Gasteiger partial charge in [-0.25, -0.2) is 0 Å². The van der Waals surface area contributed by atoms with Crippen LogP contribution in [0.2, 0.25) is 0 Å². The summed E-state index contributed by atoms with van der Waals surface area (Å²) in [5, 5.41) is 2.79. The van der Waals surface area contributed by atoms with E-state index in [9.17, 15) is 22.8 Å². The number of carbonyl (C=O) groups is 2. The average Bonchev–Trinajstić information content (AvgIpc) is 3.57. The van der Waals surface area contributed by atoms with E-state index in [1.54, 1.807) is 0 Å². The van der Waals surface area contributed by atoms with E-state index in [-0.39, 0.29) is 11.3 Å². The minimum Gasteiger partial charge on any atom is -0.371 e. The molecule has 3 heterocycles. The van der Waals surface area contributed by atoms with Crippen LogP contribution in [0.15, 0.2) is 67.0 Å². The van der Waals surface area contributed by atoms with Crippen molar-refractivity contribution in [2.75, 3.05) is 31.1 Å². The third kappa shape index (κ3) is 5.05. The number of anilines is 1. The van der Waals surface area contributed by atoms with Crippen LogP contribution in [0.4, 0.5) is 18.9 Å². The number of aryl methyl sites for hydroxylation is 1. The molecular formula is C31H31F3N4O2. The number of halogens is 3. The predicted molar refractivity (Wildman–Crippen MR) is 145 cm³/mol. The maximum Gasteiger partial charge on any atom is 0.417 e. The standard InChI is InChI=1S/C31H31F3N4O2/c32-31(33,34)26-4-2-1-3-24(26)28(39)36-27-8-7-21-5-6-22(19-25(21)27)29(40)37-16-11-30(12-17-37)13-18-38(20-30)23-9-14-35-15-10-23/h1-6,9-10,14-15,19,27H,7-8,11-13,16-18,20H2,(H,36,39). The highest BCUT2D eigenvalue weighted by molar-refractivity contribution is 5.97. The minimum atomic E-state index is -4.62. The van der Waals surface area contributed by atoms with Crippen molar-refractivity contribution < 1.29 is 22.8 Å². The first-order chi connectivity index (χ1) is 19.2. The van der Waals surface area contributed by atoms with Gasteiger partial charge < -0.3 is 15.1 Å². The number of piperidine rings is 1. The Kier molecular flexibility index (Phi) is 6.76. The predicted octanol–water partition coefficient (Wildman–Crippen LogP) is 5.65. The van der Waals surface area contributed by atoms with Crippen LogP contribution in [0.25, 0.3) is 0 Å². The molecule has 1 aliphatic carbocycles. The summed E-state index contributed by atoms with van der Waals surface area (Å²) in [6, 6.07) is 14.0. The van der Waals surface area contributed by atoms with Crippen LogP contribution < -0.4 is 10.2 Å². The molecule has 2 aliphatic heterocycles. The number of alkyl halides is 3. The topological polar surface area (TPSA) is 65.5 Å². The summed E-state index contributed by atoms with van der Waals surface area (Å²) in [5.74, 6) is -0.803. The van der Waals surface area contributed by atoms with Crippen LogP contribution in [0.3, 0.4) is 0 Å². The number of benzene rings is 2. The molecule has 0 saturated carbocycles. The molecule has 1 atom stereocenters. The molecule has 2 amide bonds. The number of nitrogens with zero attached hydrogens (tertiary/aromatic N) is 3. The van der Waals surface area contributed by atoms with Gasteiger partial charge in [-0.1, -0.05) is 18.2 Å². The Hall–Kier alpha value is -3.88. The maximum absolute atomic E-state index is 13.5. The fraction of sp³-hybridized carbons (Fsp3) is 0.387. The minimum absolute atomic E-state index is 0.0407. The Balaban J connectivity index is 1.12. The summed E-state index contributed by atoms with van der Waals surface area (Å²) >= 11 is 0. The number of nitrogens with one attached hydrogen (secondary N) is 1. The van der Waals surface area contributed by atoms with Gasteiger partial charge in [0.15, 0.2) is 0 Å². The molecular weight excluding hydrogens is 517 g/mol. The molecule has 1 spiro atoms. The quantitative estimate of drug-likeness (QED) is 0.458. The van der Waals surface area contributed by atoms with E-state index in [1.807, 2.05) is 47.6 Å². The molecule has 1 aromatic heterocycles. The van der Waals surface area contributed by atoms with Gasteiger partial charge in [-0.3, -0.25) is 14.6 Å². The molecule has 3 aromatic rings. The SMILES string of the molecule is O=C(NC1CCc2ccc(C(=O)N3CCC4(CC3)CCN(c3ccncc3)C4)cc21)c1ccccc1C(F)(F)F. The zero-order valence-electron chi connectivity index (χ0n) is 22.1. The zero-order chi connectivity index (χ0) is 27.9. The molecule has 2 aromatic carbocycles. The average molecular weight is 549 g/mol. The highest BCUT2D eigenvalue weighted by Crippen LogP contribution is 2.42. The number of likely N-dealkylation sites (tertiary alicyclic amines) is 1. The Bertz CT molecular complexity index is 1420. The van der Waals surface area contributed by atoms with Crippen LogP contribution in [-0.4, -0.2) is 47.9 Å². The van der Waals surface area contributed by atoms with Crippen LogP contribution in [0.1, 0.15) is 69.1 Å². The van der Waals surface area contributed by atoms with Gasteiger partial charge in [0, 0.05) is 49.8 Å². The third-order valence-corrected chi connectivity index (χ3v) is 8.83. The van der Waals surface area contributed by atoms with Gasteiger partial charge in [-0.15, -0.1) is 0 Å². The van der Waals surface area contributed by atoms with E-state index >= 15 is 0 Å². The molecule has 3 aliphatic rings. The van der Waals surface area contributed by atoms with Crippen LogP contribution >= 0.6 is 0 Å². The van der Waals surface area contributed by atoms with E-state index < -0.39 is 29.3 Å². The zero-order valence-corrected chi connectivity index (χ0v) is 22.1. The van der Waals surface area contributed by atoms with Gasteiger partial charge in [0.2, 0.25) is 0 Å². The number of hydrogen-bond donors (Lipinski definition) is 1. The van der Waals surface area contributed by atoms with E-state index in [0.29, 0.717) is 31.5 Å². The second kappa shape index (κ2) is 10.3. The van der Waals surface area contributed by atoms with Crippen molar-refractivity contribution in [1.29, 1.82) is 0 Å². The van der Waals surface area contributed by atoms with Crippen molar-refractivity contribution in [2.45, 2.75) is 44.3 Å². The first-order valence-corrected chi connectivity index (χ1v) is 13.8. The molecule has 9 heteroatoms. The van der Waals surface area contributed by atoms with Gasteiger partial charge in [0.05, 0.1) is 17.2 Å². The van der Waals surface area contributed by atoms with Gasteiger partial charge >= 0.3 is 6.18 Å². The molecule has 2 fully saturated rings. The largest absolute Gasteiger partial charge is 0.417 e. The number of pyridine rings is 1. The van der Waals surface area contributed by atoms with Crippen LogP contribution in [0, 0.1) is 5.41 Å². The van der Waals surface area contributed by atoms with Gasteiger partial charge in [-0.05, 0) is 85.0 Å². The lowest BCUT2D eigenvalue weighted by atomic mass is 9.77. The lowest BCUT2D eigenvalue weighted by Crippen LogP contribution is -2.44. The highest BCUT2D eigenvalue weighted by atomic mass is 19.4. The summed E-state index contributed by atoms with van der Waals surface area (Å²) in [7, 11) is 0. The summed E-state index contributed by atoms with van der Waals surface area (Å²) < 4.78 is 40.3. The fourth-order valence-corrected chi connectivity index (χ4v) is 6.53. The summed E-state index contributed by atoms with van der Waals surface area (Å²) in [5.41, 5.74) is 2.41. The van der Waals surface area contributed by atoms with Gasteiger partial charge in [-0.2, -0.15) is 13.2 Å². The summed E-state index contributed by atoms with van der Waals surface area (Å²) in [4.78, 5) is 34.8. The van der Waals surface area contributed by atoms with Crippen molar-refractivity contribution in [1.82, 2.24) is 15.2 Å². The normalized spacial score (nSPS) is 20.0. The number of hydrogen-bond acceptors (Lipinski definition) is 4. The number of rotatable bonds is 4. The number of amides is 2. The Labute approximate surface area is 231 Å². The maximum atomic E-state index is 13.5. The lowest BCUT2D eigenvalue weighted by molar-refractivity contribution is -0.137.